The number of hydrogen-bond acceptors (Lipinski definition) is 2. The Morgan fingerprint density at radius 2 is 1.78 bits per heavy atom. The zero-order chi connectivity index (χ0) is 24.5. The number of rotatable bonds is 11. The Morgan fingerprint density at radius 1 is 1.12 bits per heavy atom. The van der Waals surface area contributed by atoms with Gasteiger partial charge in [0.2, 0.25) is 0 Å². The van der Waals surface area contributed by atoms with Crippen LogP contribution < -0.4 is 5.32 Å². The maximum atomic E-state index is 13.6. The zero-order valence-corrected chi connectivity index (χ0v) is 19.4. The summed E-state index contributed by atoms with van der Waals surface area (Å²) < 4.78 is 40.8. The summed E-state index contributed by atoms with van der Waals surface area (Å²) in [6, 6.07) is 7.85. The van der Waals surface area contributed by atoms with Crippen molar-refractivity contribution in [3.8, 4) is 0 Å². The van der Waals surface area contributed by atoms with Crippen LogP contribution in [0, 0.1) is 5.92 Å². The number of hydrogen-bond donors (Lipinski definition) is 1. The molecule has 0 aliphatic rings. The molecule has 32 heavy (non-hydrogen) atoms. The van der Waals surface area contributed by atoms with Crippen LogP contribution in [-0.4, -0.2) is 18.4 Å². The molecule has 1 aromatic rings. The van der Waals surface area contributed by atoms with E-state index in [1.807, 2.05) is 24.3 Å². The van der Waals surface area contributed by atoms with Crippen LogP contribution >= 0.6 is 0 Å². The molecule has 0 aliphatic carbocycles. The fraction of sp³-hybridized carbons (Fsp3) is 0.296. The third-order valence-electron chi connectivity index (χ3n) is 4.60. The van der Waals surface area contributed by atoms with Crippen molar-refractivity contribution in [2.75, 3.05) is 6.54 Å². The van der Waals surface area contributed by atoms with Crippen LogP contribution in [0.1, 0.15) is 38.8 Å². The Morgan fingerprint density at radius 3 is 2.34 bits per heavy atom. The molecule has 0 aliphatic heterocycles. The number of nitrogens with zero attached hydrogens (tertiary/aromatic N) is 1. The van der Waals surface area contributed by atoms with Crippen molar-refractivity contribution in [3.05, 3.63) is 108 Å². The number of nitrogens with one attached hydrogen (secondary N) is 1. The molecule has 1 N–H and O–H groups in total. The average molecular weight is 443 g/mol. The van der Waals surface area contributed by atoms with Gasteiger partial charge in [0, 0.05) is 12.3 Å². The second kappa shape index (κ2) is 12.2. The number of allylic oxidation sites excluding steroid dienone is 6. The van der Waals surface area contributed by atoms with Gasteiger partial charge in [-0.25, -0.2) is 0 Å². The Labute approximate surface area is 190 Å². The summed E-state index contributed by atoms with van der Waals surface area (Å²) in [4.78, 5) is 4.40. The highest BCUT2D eigenvalue weighted by atomic mass is 19.4. The first-order valence-corrected chi connectivity index (χ1v) is 10.4. The summed E-state index contributed by atoms with van der Waals surface area (Å²) in [7, 11) is 0. The van der Waals surface area contributed by atoms with Crippen molar-refractivity contribution in [3.63, 3.8) is 0 Å². The van der Waals surface area contributed by atoms with Gasteiger partial charge in [-0.05, 0) is 66.3 Å². The summed E-state index contributed by atoms with van der Waals surface area (Å²) in [5, 5.41) is 3.38. The van der Waals surface area contributed by atoms with Gasteiger partial charge in [-0.3, -0.25) is 4.99 Å². The van der Waals surface area contributed by atoms with Gasteiger partial charge >= 0.3 is 6.18 Å². The lowest BCUT2D eigenvalue weighted by molar-refractivity contribution is -0.0890. The third-order valence-corrected chi connectivity index (χ3v) is 4.60. The topological polar surface area (TPSA) is 24.4 Å². The summed E-state index contributed by atoms with van der Waals surface area (Å²) in [5.41, 5.74) is 1.86. The molecule has 0 radical (unpaired) electrons. The van der Waals surface area contributed by atoms with E-state index in [1.54, 1.807) is 19.9 Å². The fourth-order valence-electron chi connectivity index (χ4n) is 2.82. The molecule has 0 unspecified atom stereocenters. The van der Waals surface area contributed by atoms with Gasteiger partial charge in [0.1, 0.15) is 0 Å². The van der Waals surface area contributed by atoms with E-state index >= 15 is 0 Å². The van der Waals surface area contributed by atoms with E-state index in [-0.39, 0.29) is 22.4 Å². The minimum absolute atomic E-state index is 0.0563. The highest BCUT2D eigenvalue weighted by molar-refractivity contribution is 5.99. The van der Waals surface area contributed by atoms with E-state index in [0.717, 1.165) is 30.3 Å². The van der Waals surface area contributed by atoms with Gasteiger partial charge in [0.05, 0.1) is 11.3 Å². The van der Waals surface area contributed by atoms with Gasteiger partial charge in [-0.15, -0.1) is 0 Å². The standard InChI is InChI=1S/C27H33F3N2/c1-9-11-19(4)21(6)26(27(28,29)30)14-20(5)22(7)32-23(8)25-13-10-12-24(15-25)17-31-16-18(2)3/h9-15,18,31H,4-7,16-17H2,1-3,8H3/b11-9?,26-14+,32-23?. The smallest absolute Gasteiger partial charge is 0.312 e. The molecule has 0 spiro atoms. The number of aliphatic imine (C=N–C) groups is 1. The van der Waals surface area contributed by atoms with Crippen LogP contribution in [0.2, 0.25) is 0 Å². The second-order valence-electron chi connectivity index (χ2n) is 7.95. The molecule has 2 nitrogen and oxygen atoms in total. The molecule has 0 amide bonds. The van der Waals surface area contributed by atoms with Crippen LogP contribution in [-0.2, 0) is 6.54 Å². The van der Waals surface area contributed by atoms with Crippen molar-refractivity contribution >= 4 is 5.71 Å². The lowest BCUT2D eigenvalue weighted by Gasteiger charge is -2.16. The van der Waals surface area contributed by atoms with Crippen LogP contribution in [0.4, 0.5) is 13.2 Å². The molecule has 0 aromatic heterocycles. The Balaban J connectivity index is 3.09. The molecule has 0 heterocycles. The van der Waals surface area contributed by atoms with Crippen LogP contribution in [0.3, 0.4) is 0 Å². The van der Waals surface area contributed by atoms with E-state index in [0.29, 0.717) is 11.6 Å². The molecule has 0 atom stereocenters. The van der Waals surface area contributed by atoms with Crippen molar-refractivity contribution in [1.82, 2.24) is 5.32 Å². The minimum atomic E-state index is -4.61. The van der Waals surface area contributed by atoms with Gasteiger partial charge in [-0.2, -0.15) is 13.2 Å². The number of halogens is 3. The van der Waals surface area contributed by atoms with Gasteiger partial charge in [-0.1, -0.05) is 70.5 Å². The molecule has 1 rings (SSSR count). The third kappa shape index (κ3) is 8.67. The molecule has 0 bridgehead atoms. The van der Waals surface area contributed by atoms with E-state index in [2.05, 4.69) is 50.5 Å². The number of alkyl halides is 3. The molecule has 0 saturated carbocycles. The molecule has 0 fully saturated rings. The molecular weight excluding hydrogens is 409 g/mol. The van der Waals surface area contributed by atoms with Crippen LogP contribution in [0.25, 0.3) is 0 Å². The van der Waals surface area contributed by atoms with Gasteiger partial charge in [0.15, 0.2) is 0 Å². The number of benzene rings is 1. The predicted molar refractivity (Wildman–Crippen MR) is 131 cm³/mol. The molecular formula is C27H33F3N2. The minimum Gasteiger partial charge on any atom is -0.312 e. The van der Waals surface area contributed by atoms with E-state index in [1.165, 1.54) is 6.08 Å². The first kappa shape index (κ1) is 27.1. The second-order valence-corrected chi connectivity index (χ2v) is 7.95. The average Bonchev–Trinajstić information content (AvgIpc) is 2.70. The Hall–Kier alpha value is -2.92. The van der Waals surface area contributed by atoms with Crippen molar-refractivity contribution < 1.29 is 13.2 Å². The first-order chi connectivity index (χ1) is 14.9. The molecule has 172 valence electrons. The molecule has 1 aromatic carbocycles. The lowest BCUT2D eigenvalue weighted by atomic mass is 9.97. The highest BCUT2D eigenvalue weighted by Gasteiger charge is 2.35. The summed E-state index contributed by atoms with van der Waals surface area (Å²) in [5.74, 6) is 0.553. The summed E-state index contributed by atoms with van der Waals surface area (Å²) >= 11 is 0. The van der Waals surface area contributed by atoms with Crippen molar-refractivity contribution in [2.45, 2.75) is 40.4 Å². The van der Waals surface area contributed by atoms with Crippen molar-refractivity contribution in [2.24, 2.45) is 10.9 Å². The van der Waals surface area contributed by atoms with E-state index < -0.39 is 11.7 Å². The summed E-state index contributed by atoms with van der Waals surface area (Å²) in [6.07, 6.45) is -0.608. The highest BCUT2D eigenvalue weighted by Crippen LogP contribution is 2.35. The largest absolute Gasteiger partial charge is 0.417 e. The predicted octanol–water partition coefficient (Wildman–Crippen LogP) is 7.49. The monoisotopic (exact) mass is 442 g/mol. The van der Waals surface area contributed by atoms with E-state index in [9.17, 15) is 13.2 Å². The van der Waals surface area contributed by atoms with E-state index in [4.69, 9.17) is 0 Å². The Kier molecular flexibility index (Phi) is 10.3. The summed E-state index contributed by atoms with van der Waals surface area (Å²) in [6.45, 7) is 24.2. The lowest BCUT2D eigenvalue weighted by Crippen LogP contribution is -2.19. The zero-order valence-electron chi connectivity index (χ0n) is 19.4. The SMILES string of the molecule is C=C(C=CC)C(=C)/C(=C\C(=C)C(=C)N=C(C)c1cccc(CNCC(C)C)c1)C(F)(F)F. The fourth-order valence-corrected chi connectivity index (χ4v) is 2.82. The maximum Gasteiger partial charge on any atom is 0.417 e. The van der Waals surface area contributed by atoms with Gasteiger partial charge < -0.3 is 5.32 Å². The van der Waals surface area contributed by atoms with Crippen LogP contribution in [0.15, 0.2) is 102 Å². The first-order valence-electron chi connectivity index (χ1n) is 10.4. The molecule has 5 heteroatoms. The van der Waals surface area contributed by atoms with Gasteiger partial charge in [0.25, 0.3) is 0 Å². The van der Waals surface area contributed by atoms with Crippen LogP contribution in [0.5, 0.6) is 0 Å². The van der Waals surface area contributed by atoms with Crippen molar-refractivity contribution in [1.29, 1.82) is 0 Å². The normalized spacial score (nSPS) is 13.0. The quantitative estimate of drug-likeness (QED) is 0.279. The maximum absolute atomic E-state index is 13.6. The Bertz CT molecular complexity index is 957. The molecule has 0 saturated heterocycles.